The van der Waals surface area contributed by atoms with E-state index in [1.165, 1.54) is 5.57 Å². The fraction of sp³-hybridized carbons (Fsp3) is 0.545. The van der Waals surface area contributed by atoms with Crippen molar-refractivity contribution in [2.45, 2.75) is 40.0 Å². The highest BCUT2D eigenvalue weighted by Gasteiger charge is 1.93. The number of carbonyl (C=O) groups is 1. The van der Waals surface area contributed by atoms with Crippen LogP contribution in [0.5, 0.6) is 0 Å². The number of carbonyl (C=O) groups excluding carboxylic acids is 1. The summed E-state index contributed by atoms with van der Waals surface area (Å²) in [5.74, 6) is 0.236. The Kier molecular flexibility index (Phi) is 6.35. The first-order valence-electron chi connectivity index (χ1n) is 4.45. The van der Waals surface area contributed by atoms with Crippen molar-refractivity contribution in [1.82, 2.24) is 0 Å². The Hall–Kier alpha value is -0.850. The summed E-state index contributed by atoms with van der Waals surface area (Å²) in [6.07, 6.45) is 8.27. The summed E-state index contributed by atoms with van der Waals surface area (Å²) < 4.78 is 0. The van der Waals surface area contributed by atoms with Crippen molar-refractivity contribution >= 4 is 5.78 Å². The fourth-order valence-corrected chi connectivity index (χ4v) is 0.936. The van der Waals surface area contributed by atoms with Crippen LogP contribution in [0.2, 0.25) is 0 Å². The van der Waals surface area contributed by atoms with E-state index in [1.807, 2.05) is 6.92 Å². The molecule has 0 heterocycles. The van der Waals surface area contributed by atoms with Crippen LogP contribution in [0.25, 0.3) is 0 Å². The van der Waals surface area contributed by atoms with Gasteiger partial charge in [-0.25, -0.2) is 0 Å². The number of ketones is 1. The largest absolute Gasteiger partial charge is 0.295 e. The highest BCUT2D eigenvalue weighted by atomic mass is 16.1. The van der Waals surface area contributed by atoms with E-state index in [1.54, 1.807) is 12.2 Å². The van der Waals surface area contributed by atoms with Gasteiger partial charge in [0.05, 0.1) is 0 Å². The molecule has 0 aliphatic heterocycles. The van der Waals surface area contributed by atoms with Gasteiger partial charge in [0.2, 0.25) is 0 Å². The quantitative estimate of drug-likeness (QED) is 0.348. The maximum absolute atomic E-state index is 11.0. The Morgan fingerprint density at radius 3 is 2.50 bits per heavy atom. The van der Waals surface area contributed by atoms with Gasteiger partial charge in [-0.1, -0.05) is 17.7 Å². The lowest BCUT2D eigenvalue weighted by atomic mass is 10.1. The Balaban J connectivity index is 3.44. The van der Waals surface area contributed by atoms with Crippen molar-refractivity contribution in [3.63, 3.8) is 0 Å². The van der Waals surface area contributed by atoms with E-state index in [2.05, 4.69) is 19.9 Å². The van der Waals surface area contributed by atoms with Gasteiger partial charge in [-0.3, -0.25) is 4.79 Å². The lowest BCUT2D eigenvalue weighted by Gasteiger charge is -1.93. The van der Waals surface area contributed by atoms with Crippen LogP contribution in [0.3, 0.4) is 0 Å². The molecule has 0 rings (SSSR count). The monoisotopic (exact) mass is 166 g/mol. The smallest absolute Gasteiger partial charge is 0.155 e. The standard InChI is InChI=1S/C11H18O/c1-4-7-11(12)9-6-5-8-10(2)3/h4,7-8H,5-6,9H2,1-3H3/b7-4+. The lowest BCUT2D eigenvalue weighted by Crippen LogP contribution is -1.90. The Morgan fingerprint density at radius 1 is 1.33 bits per heavy atom. The maximum atomic E-state index is 11.0. The highest BCUT2D eigenvalue weighted by molar-refractivity contribution is 5.89. The predicted octanol–water partition coefficient (Wildman–Crippen LogP) is 3.27. The minimum absolute atomic E-state index is 0.236. The summed E-state index contributed by atoms with van der Waals surface area (Å²) in [5, 5.41) is 0. The first-order chi connectivity index (χ1) is 5.66. The molecular weight excluding hydrogens is 148 g/mol. The second-order valence-electron chi connectivity index (χ2n) is 3.14. The van der Waals surface area contributed by atoms with Crippen LogP contribution in [0.4, 0.5) is 0 Å². The normalized spacial score (nSPS) is 10.2. The van der Waals surface area contributed by atoms with Crippen LogP contribution in [0, 0.1) is 0 Å². The van der Waals surface area contributed by atoms with Crippen molar-refractivity contribution in [2.75, 3.05) is 0 Å². The Morgan fingerprint density at radius 2 is 2.00 bits per heavy atom. The van der Waals surface area contributed by atoms with E-state index in [0.717, 1.165) is 12.8 Å². The average Bonchev–Trinajstić information content (AvgIpc) is 1.98. The van der Waals surface area contributed by atoms with Crippen molar-refractivity contribution < 1.29 is 4.79 Å². The number of hydrogen-bond donors (Lipinski definition) is 0. The van der Waals surface area contributed by atoms with Crippen LogP contribution in [0.1, 0.15) is 40.0 Å². The molecule has 0 aromatic carbocycles. The molecule has 0 aliphatic rings. The predicted molar refractivity (Wildman–Crippen MR) is 53.1 cm³/mol. The molecule has 1 nitrogen and oxygen atoms in total. The summed E-state index contributed by atoms with van der Waals surface area (Å²) in [5.41, 5.74) is 1.33. The Labute approximate surface area is 75.2 Å². The van der Waals surface area contributed by atoms with Gasteiger partial charge in [-0.2, -0.15) is 0 Å². The van der Waals surface area contributed by atoms with Crippen LogP contribution < -0.4 is 0 Å². The first kappa shape index (κ1) is 11.2. The Bertz CT molecular complexity index is 183. The molecule has 0 bridgehead atoms. The molecule has 68 valence electrons. The number of allylic oxidation sites excluding steroid dienone is 4. The minimum Gasteiger partial charge on any atom is -0.295 e. The van der Waals surface area contributed by atoms with E-state index >= 15 is 0 Å². The molecule has 0 amide bonds. The summed E-state index contributed by atoms with van der Waals surface area (Å²) in [7, 11) is 0. The molecule has 0 aromatic heterocycles. The van der Waals surface area contributed by atoms with Gasteiger partial charge in [0, 0.05) is 6.42 Å². The number of hydrogen-bond acceptors (Lipinski definition) is 1. The van der Waals surface area contributed by atoms with Crippen molar-refractivity contribution in [3.05, 3.63) is 23.8 Å². The third-order valence-corrected chi connectivity index (χ3v) is 1.53. The SMILES string of the molecule is C/C=C/C(=O)CCCC=C(C)C. The molecule has 0 atom stereocenters. The van der Waals surface area contributed by atoms with Gasteiger partial charge < -0.3 is 0 Å². The minimum atomic E-state index is 0.236. The average molecular weight is 166 g/mol. The molecule has 0 aromatic rings. The third kappa shape index (κ3) is 7.26. The molecule has 0 saturated heterocycles. The summed E-state index contributed by atoms with van der Waals surface area (Å²) >= 11 is 0. The molecule has 0 N–H and O–H groups in total. The molecule has 1 heteroatoms. The molecule has 12 heavy (non-hydrogen) atoms. The molecule has 0 unspecified atom stereocenters. The van der Waals surface area contributed by atoms with Crippen molar-refractivity contribution in [1.29, 1.82) is 0 Å². The molecule has 0 fully saturated rings. The zero-order valence-corrected chi connectivity index (χ0v) is 8.26. The third-order valence-electron chi connectivity index (χ3n) is 1.53. The van der Waals surface area contributed by atoms with Crippen LogP contribution >= 0.6 is 0 Å². The fourth-order valence-electron chi connectivity index (χ4n) is 0.936. The first-order valence-corrected chi connectivity index (χ1v) is 4.45. The number of unbranched alkanes of at least 4 members (excludes halogenated alkanes) is 1. The van der Waals surface area contributed by atoms with E-state index in [0.29, 0.717) is 6.42 Å². The zero-order valence-electron chi connectivity index (χ0n) is 8.26. The van der Waals surface area contributed by atoms with E-state index < -0.39 is 0 Å². The van der Waals surface area contributed by atoms with E-state index in [4.69, 9.17) is 0 Å². The molecule has 0 aliphatic carbocycles. The van der Waals surface area contributed by atoms with Crippen LogP contribution in [-0.4, -0.2) is 5.78 Å². The van der Waals surface area contributed by atoms with Crippen LogP contribution in [0.15, 0.2) is 23.8 Å². The number of rotatable bonds is 5. The molecular formula is C11H18O. The molecule has 0 radical (unpaired) electrons. The lowest BCUT2D eigenvalue weighted by molar-refractivity contribution is -0.114. The molecule has 0 saturated carbocycles. The van der Waals surface area contributed by atoms with Gasteiger partial charge in [-0.05, 0) is 39.7 Å². The van der Waals surface area contributed by atoms with Gasteiger partial charge in [0.25, 0.3) is 0 Å². The second-order valence-corrected chi connectivity index (χ2v) is 3.14. The van der Waals surface area contributed by atoms with Gasteiger partial charge in [0.1, 0.15) is 0 Å². The van der Waals surface area contributed by atoms with Crippen LogP contribution in [-0.2, 0) is 4.79 Å². The summed E-state index contributed by atoms with van der Waals surface area (Å²) in [4.78, 5) is 11.0. The maximum Gasteiger partial charge on any atom is 0.155 e. The van der Waals surface area contributed by atoms with E-state index in [9.17, 15) is 4.79 Å². The van der Waals surface area contributed by atoms with Gasteiger partial charge in [-0.15, -0.1) is 0 Å². The topological polar surface area (TPSA) is 17.1 Å². The molecule has 0 spiro atoms. The summed E-state index contributed by atoms with van der Waals surface area (Å²) in [6.45, 7) is 6.02. The second kappa shape index (κ2) is 6.84. The van der Waals surface area contributed by atoms with Gasteiger partial charge in [0.15, 0.2) is 5.78 Å². The summed E-state index contributed by atoms with van der Waals surface area (Å²) in [6, 6.07) is 0. The zero-order chi connectivity index (χ0) is 9.40. The van der Waals surface area contributed by atoms with E-state index in [-0.39, 0.29) is 5.78 Å². The van der Waals surface area contributed by atoms with Gasteiger partial charge >= 0.3 is 0 Å². The van der Waals surface area contributed by atoms with Crippen molar-refractivity contribution in [2.24, 2.45) is 0 Å². The highest BCUT2D eigenvalue weighted by Crippen LogP contribution is 2.01. The van der Waals surface area contributed by atoms with Crippen molar-refractivity contribution in [3.8, 4) is 0 Å².